The molecule has 0 atom stereocenters. The van der Waals surface area contributed by atoms with Crippen LogP contribution in [0.4, 0.5) is 11.4 Å². The van der Waals surface area contributed by atoms with E-state index in [0.29, 0.717) is 0 Å². The van der Waals surface area contributed by atoms with Gasteiger partial charge in [0.2, 0.25) is 0 Å². The molecule has 1 amide bonds. The number of amides is 1. The van der Waals surface area contributed by atoms with E-state index in [9.17, 15) is 4.79 Å². The van der Waals surface area contributed by atoms with Crippen LogP contribution in [0.2, 0.25) is 0 Å². The predicted octanol–water partition coefficient (Wildman–Crippen LogP) is 4.24. The summed E-state index contributed by atoms with van der Waals surface area (Å²) in [5, 5.41) is 11.1. The van der Waals surface area contributed by atoms with E-state index in [-0.39, 0.29) is 11.6 Å². The molecule has 1 N–H and O–H groups in total. The fourth-order valence-corrected chi connectivity index (χ4v) is 2.76. The number of nitrogens with one attached hydrogen (secondary N) is 1. The summed E-state index contributed by atoms with van der Waals surface area (Å²) in [6, 6.07) is 21.1. The Morgan fingerprint density at radius 1 is 0.885 bits per heavy atom. The van der Waals surface area contributed by atoms with E-state index in [4.69, 9.17) is 0 Å². The smallest absolute Gasteiger partial charge is 0.276 e. The van der Waals surface area contributed by atoms with Crippen molar-refractivity contribution >= 4 is 17.3 Å². The van der Waals surface area contributed by atoms with Gasteiger partial charge in [-0.2, -0.15) is 0 Å². The molecular weight excluding hydrogens is 324 g/mol. The Hall–Kier alpha value is -3.21. The molecule has 1 heterocycles. The van der Waals surface area contributed by atoms with Crippen molar-refractivity contribution in [2.45, 2.75) is 13.8 Å². The summed E-state index contributed by atoms with van der Waals surface area (Å²) < 4.78 is 0. The third kappa shape index (κ3) is 4.06. The fraction of sp³-hybridized carbons (Fsp3) is 0.190. The van der Waals surface area contributed by atoms with Gasteiger partial charge in [0.15, 0.2) is 5.69 Å². The van der Waals surface area contributed by atoms with Crippen molar-refractivity contribution in [1.82, 2.24) is 10.2 Å². The zero-order valence-corrected chi connectivity index (χ0v) is 15.0. The molecule has 26 heavy (non-hydrogen) atoms. The summed E-state index contributed by atoms with van der Waals surface area (Å²) >= 11 is 0. The van der Waals surface area contributed by atoms with Gasteiger partial charge < -0.3 is 10.2 Å². The molecule has 0 aliphatic carbocycles. The summed E-state index contributed by atoms with van der Waals surface area (Å²) in [6.07, 6.45) is 0. The van der Waals surface area contributed by atoms with Gasteiger partial charge in [-0.25, -0.2) is 0 Å². The monoisotopic (exact) mass is 346 g/mol. The van der Waals surface area contributed by atoms with Crippen LogP contribution in [-0.4, -0.2) is 29.2 Å². The van der Waals surface area contributed by atoms with Gasteiger partial charge in [0, 0.05) is 30.0 Å². The van der Waals surface area contributed by atoms with Crippen molar-refractivity contribution in [3.05, 3.63) is 72.4 Å². The van der Waals surface area contributed by atoms with Crippen molar-refractivity contribution in [3.8, 4) is 11.3 Å². The fourth-order valence-electron chi connectivity index (χ4n) is 2.76. The van der Waals surface area contributed by atoms with Crippen LogP contribution < -0.4 is 10.2 Å². The number of hydrogen-bond acceptors (Lipinski definition) is 4. The van der Waals surface area contributed by atoms with Crippen molar-refractivity contribution in [2.75, 3.05) is 23.3 Å². The second-order valence-electron chi connectivity index (χ2n) is 5.84. The summed E-state index contributed by atoms with van der Waals surface area (Å²) in [5.41, 5.74) is 3.88. The van der Waals surface area contributed by atoms with Gasteiger partial charge >= 0.3 is 0 Å². The quantitative estimate of drug-likeness (QED) is 0.725. The molecule has 5 heteroatoms. The lowest BCUT2D eigenvalue weighted by Crippen LogP contribution is -2.21. The molecule has 0 saturated heterocycles. The van der Waals surface area contributed by atoms with Gasteiger partial charge in [-0.1, -0.05) is 30.3 Å². The molecule has 0 aliphatic heterocycles. The molecule has 132 valence electrons. The average Bonchev–Trinajstić information content (AvgIpc) is 2.71. The second kappa shape index (κ2) is 8.25. The number of aromatic nitrogens is 2. The van der Waals surface area contributed by atoms with Gasteiger partial charge in [-0.05, 0) is 50.2 Å². The first-order valence-electron chi connectivity index (χ1n) is 8.76. The van der Waals surface area contributed by atoms with Gasteiger partial charge in [0.1, 0.15) is 0 Å². The molecule has 0 radical (unpaired) electrons. The number of carbonyl (C=O) groups excluding carboxylic acids is 1. The van der Waals surface area contributed by atoms with Crippen LogP contribution in [0.3, 0.4) is 0 Å². The normalized spacial score (nSPS) is 10.4. The molecule has 0 saturated carbocycles. The molecule has 5 nitrogen and oxygen atoms in total. The van der Waals surface area contributed by atoms with E-state index in [1.54, 1.807) is 12.1 Å². The Bertz CT molecular complexity index is 841. The minimum atomic E-state index is -0.271. The van der Waals surface area contributed by atoms with E-state index < -0.39 is 0 Å². The standard InChI is InChI=1S/C21H22N4O/c1-3-25(4-2)18-12-10-17(11-13-18)22-21(26)20-15-14-19(23-24-20)16-8-6-5-7-9-16/h5-15H,3-4H2,1-2H3,(H,22,26). The number of carbonyl (C=O) groups is 1. The topological polar surface area (TPSA) is 58.1 Å². The maximum atomic E-state index is 12.4. The summed E-state index contributed by atoms with van der Waals surface area (Å²) in [6.45, 7) is 6.14. The zero-order chi connectivity index (χ0) is 18.4. The lowest BCUT2D eigenvalue weighted by Gasteiger charge is -2.21. The largest absolute Gasteiger partial charge is 0.372 e. The number of rotatable bonds is 6. The predicted molar refractivity (Wildman–Crippen MR) is 105 cm³/mol. The molecule has 2 aromatic carbocycles. The number of hydrogen-bond donors (Lipinski definition) is 1. The average molecular weight is 346 g/mol. The Morgan fingerprint density at radius 2 is 1.58 bits per heavy atom. The minimum Gasteiger partial charge on any atom is -0.372 e. The molecule has 3 aromatic rings. The first-order valence-corrected chi connectivity index (χ1v) is 8.76. The Morgan fingerprint density at radius 3 is 2.15 bits per heavy atom. The van der Waals surface area contributed by atoms with Crippen LogP contribution in [0.1, 0.15) is 24.3 Å². The second-order valence-corrected chi connectivity index (χ2v) is 5.84. The third-order valence-electron chi connectivity index (χ3n) is 4.22. The Balaban J connectivity index is 1.68. The van der Waals surface area contributed by atoms with E-state index in [1.165, 1.54) is 0 Å². The first kappa shape index (κ1) is 17.6. The minimum absolute atomic E-state index is 0.271. The van der Waals surface area contributed by atoms with Gasteiger partial charge in [0.25, 0.3) is 5.91 Å². The molecule has 0 fully saturated rings. The Labute approximate surface area is 153 Å². The van der Waals surface area contributed by atoms with Gasteiger partial charge in [0.05, 0.1) is 5.69 Å². The van der Waals surface area contributed by atoms with E-state index in [0.717, 1.165) is 35.7 Å². The van der Waals surface area contributed by atoms with Crippen molar-refractivity contribution in [3.63, 3.8) is 0 Å². The summed E-state index contributed by atoms with van der Waals surface area (Å²) in [5.74, 6) is -0.271. The number of benzene rings is 2. The van der Waals surface area contributed by atoms with Crippen LogP contribution in [0.15, 0.2) is 66.7 Å². The highest BCUT2D eigenvalue weighted by Crippen LogP contribution is 2.19. The molecule has 0 spiro atoms. The van der Waals surface area contributed by atoms with Gasteiger partial charge in [-0.15, -0.1) is 10.2 Å². The lowest BCUT2D eigenvalue weighted by molar-refractivity contribution is 0.102. The number of anilines is 2. The third-order valence-corrected chi connectivity index (χ3v) is 4.22. The van der Waals surface area contributed by atoms with Crippen molar-refractivity contribution < 1.29 is 4.79 Å². The Kier molecular flexibility index (Phi) is 5.59. The van der Waals surface area contributed by atoms with Crippen LogP contribution in [0.25, 0.3) is 11.3 Å². The van der Waals surface area contributed by atoms with Crippen LogP contribution >= 0.6 is 0 Å². The summed E-state index contributed by atoms with van der Waals surface area (Å²) in [7, 11) is 0. The van der Waals surface area contributed by atoms with Crippen LogP contribution in [-0.2, 0) is 0 Å². The van der Waals surface area contributed by atoms with Crippen LogP contribution in [0, 0.1) is 0 Å². The maximum Gasteiger partial charge on any atom is 0.276 e. The maximum absolute atomic E-state index is 12.4. The van der Waals surface area contributed by atoms with E-state index >= 15 is 0 Å². The molecular formula is C21H22N4O. The van der Waals surface area contributed by atoms with E-state index in [1.807, 2.05) is 54.6 Å². The van der Waals surface area contributed by atoms with Crippen molar-refractivity contribution in [1.29, 1.82) is 0 Å². The highest BCUT2D eigenvalue weighted by Gasteiger charge is 2.10. The molecule has 1 aromatic heterocycles. The highest BCUT2D eigenvalue weighted by atomic mass is 16.1. The SMILES string of the molecule is CCN(CC)c1ccc(NC(=O)c2ccc(-c3ccccc3)nn2)cc1. The molecule has 0 unspecified atom stereocenters. The highest BCUT2D eigenvalue weighted by molar-refractivity contribution is 6.02. The van der Waals surface area contributed by atoms with Gasteiger partial charge in [-0.3, -0.25) is 4.79 Å². The van der Waals surface area contributed by atoms with Crippen molar-refractivity contribution in [2.24, 2.45) is 0 Å². The van der Waals surface area contributed by atoms with E-state index in [2.05, 4.69) is 34.3 Å². The summed E-state index contributed by atoms with van der Waals surface area (Å²) in [4.78, 5) is 14.6. The lowest BCUT2D eigenvalue weighted by atomic mass is 10.1. The molecule has 0 bridgehead atoms. The van der Waals surface area contributed by atoms with Crippen LogP contribution in [0.5, 0.6) is 0 Å². The zero-order valence-electron chi connectivity index (χ0n) is 15.0. The molecule has 0 aliphatic rings. The first-order chi connectivity index (χ1) is 12.7. The molecule has 3 rings (SSSR count). The number of nitrogens with zero attached hydrogens (tertiary/aromatic N) is 3.